The number of aromatic nitrogens is 4. The van der Waals surface area contributed by atoms with E-state index in [1.54, 1.807) is 10.9 Å². The van der Waals surface area contributed by atoms with E-state index in [9.17, 15) is 0 Å². The fourth-order valence-corrected chi connectivity index (χ4v) is 3.10. The number of halogens is 1. The number of hydrogen-bond donors (Lipinski definition) is 1. The molecule has 0 unspecified atom stereocenters. The van der Waals surface area contributed by atoms with Crippen LogP contribution in [0, 0.1) is 0 Å². The van der Waals surface area contributed by atoms with Gasteiger partial charge in [-0.1, -0.05) is 20.8 Å². The van der Waals surface area contributed by atoms with Crippen LogP contribution in [0.4, 0.5) is 5.95 Å². The van der Waals surface area contributed by atoms with E-state index in [-0.39, 0.29) is 11.0 Å². The van der Waals surface area contributed by atoms with Crippen molar-refractivity contribution in [2.75, 3.05) is 31.4 Å². The first-order valence-electron chi connectivity index (χ1n) is 8.54. The molecule has 0 radical (unpaired) electrons. The van der Waals surface area contributed by atoms with Crippen molar-refractivity contribution in [2.45, 2.75) is 45.6 Å². The standard InChI is InChI=1S/C16H28ClN5O3Si/c1-16(2,3)26(4,5)25-9-8-23-11-22-10-19-12-13(22)20-15(18)21-14(12)24-7-6-17/h10H,6-9,11H2,1-5H3,(H2,18,20,21). The zero-order valence-electron chi connectivity index (χ0n) is 16.1. The molecule has 0 aliphatic heterocycles. The maximum atomic E-state index is 6.09. The third-order valence-corrected chi connectivity index (χ3v) is 9.18. The van der Waals surface area contributed by atoms with E-state index >= 15 is 0 Å². The zero-order valence-corrected chi connectivity index (χ0v) is 17.8. The van der Waals surface area contributed by atoms with Gasteiger partial charge < -0.3 is 19.6 Å². The van der Waals surface area contributed by atoms with E-state index in [2.05, 4.69) is 48.8 Å². The van der Waals surface area contributed by atoms with Gasteiger partial charge in [-0.2, -0.15) is 9.97 Å². The Morgan fingerprint density at radius 1 is 1.19 bits per heavy atom. The number of alkyl halides is 1. The summed E-state index contributed by atoms with van der Waals surface area (Å²) in [7, 11) is -1.76. The summed E-state index contributed by atoms with van der Waals surface area (Å²) in [6.45, 7) is 12.7. The van der Waals surface area contributed by atoms with Crippen LogP contribution < -0.4 is 10.5 Å². The molecule has 2 aromatic heterocycles. The topological polar surface area (TPSA) is 97.3 Å². The number of rotatable bonds is 9. The van der Waals surface area contributed by atoms with Crippen LogP contribution in [-0.4, -0.2) is 53.5 Å². The van der Waals surface area contributed by atoms with Gasteiger partial charge in [0, 0.05) is 0 Å². The average molecular weight is 402 g/mol. The first-order valence-corrected chi connectivity index (χ1v) is 12.0. The van der Waals surface area contributed by atoms with Gasteiger partial charge in [-0.3, -0.25) is 4.57 Å². The minimum Gasteiger partial charge on any atom is -0.475 e. The molecule has 2 rings (SSSR count). The second kappa shape index (κ2) is 8.51. The Labute approximate surface area is 160 Å². The Morgan fingerprint density at radius 2 is 1.92 bits per heavy atom. The maximum Gasteiger partial charge on any atom is 0.247 e. The zero-order chi connectivity index (χ0) is 19.4. The molecule has 0 bridgehead atoms. The van der Waals surface area contributed by atoms with Crippen molar-refractivity contribution in [3.63, 3.8) is 0 Å². The van der Waals surface area contributed by atoms with Gasteiger partial charge in [0.15, 0.2) is 19.5 Å². The van der Waals surface area contributed by atoms with Crippen LogP contribution in [0.25, 0.3) is 11.2 Å². The molecular formula is C16H28ClN5O3Si. The lowest BCUT2D eigenvalue weighted by atomic mass is 10.2. The summed E-state index contributed by atoms with van der Waals surface area (Å²) in [5.74, 6) is 0.793. The highest BCUT2D eigenvalue weighted by molar-refractivity contribution is 6.74. The van der Waals surface area contributed by atoms with Crippen LogP contribution in [0.3, 0.4) is 0 Å². The summed E-state index contributed by atoms with van der Waals surface area (Å²) < 4.78 is 19.0. The Kier molecular flexibility index (Phi) is 6.84. The molecule has 26 heavy (non-hydrogen) atoms. The van der Waals surface area contributed by atoms with E-state index in [0.717, 1.165) is 0 Å². The van der Waals surface area contributed by atoms with Crippen molar-refractivity contribution in [2.24, 2.45) is 0 Å². The number of ether oxygens (including phenoxy) is 2. The highest BCUT2D eigenvalue weighted by Gasteiger charge is 2.36. The van der Waals surface area contributed by atoms with Gasteiger partial charge in [0.2, 0.25) is 11.8 Å². The van der Waals surface area contributed by atoms with Crippen molar-refractivity contribution in [3.05, 3.63) is 6.33 Å². The van der Waals surface area contributed by atoms with E-state index < -0.39 is 8.32 Å². The monoisotopic (exact) mass is 401 g/mol. The Hall–Kier alpha value is -1.42. The molecule has 0 saturated heterocycles. The smallest absolute Gasteiger partial charge is 0.247 e. The molecule has 0 aromatic carbocycles. The first-order chi connectivity index (χ1) is 12.2. The summed E-state index contributed by atoms with van der Waals surface area (Å²) in [6, 6.07) is 0. The summed E-state index contributed by atoms with van der Waals surface area (Å²) in [6.07, 6.45) is 1.63. The van der Waals surface area contributed by atoms with Crippen LogP contribution in [0.2, 0.25) is 18.1 Å². The second-order valence-corrected chi connectivity index (χ2v) is 12.6. The number of anilines is 1. The van der Waals surface area contributed by atoms with Crippen LogP contribution in [0.1, 0.15) is 20.8 Å². The molecule has 0 aliphatic carbocycles. The Bertz CT molecular complexity index is 732. The van der Waals surface area contributed by atoms with Gasteiger partial charge in [0.25, 0.3) is 0 Å². The number of imidazole rings is 1. The highest BCUT2D eigenvalue weighted by Crippen LogP contribution is 2.36. The molecule has 0 atom stereocenters. The number of hydrogen-bond acceptors (Lipinski definition) is 7. The molecule has 10 heteroatoms. The third-order valence-electron chi connectivity index (χ3n) is 4.49. The molecule has 0 spiro atoms. The van der Waals surface area contributed by atoms with Gasteiger partial charge in [0.05, 0.1) is 25.4 Å². The van der Waals surface area contributed by atoms with Crippen molar-refractivity contribution in [1.29, 1.82) is 0 Å². The molecule has 2 N–H and O–H groups in total. The van der Waals surface area contributed by atoms with Gasteiger partial charge in [0.1, 0.15) is 13.3 Å². The van der Waals surface area contributed by atoms with Crippen LogP contribution in [-0.2, 0) is 15.9 Å². The van der Waals surface area contributed by atoms with Gasteiger partial charge in [-0.25, -0.2) is 4.98 Å². The molecule has 0 fully saturated rings. The lowest BCUT2D eigenvalue weighted by Gasteiger charge is -2.36. The lowest BCUT2D eigenvalue weighted by Crippen LogP contribution is -2.41. The number of nitrogen functional groups attached to an aromatic ring is 1. The summed E-state index contributed by atoms with van der Waals surface area (Å²) in [4.78, 5) is 12.6. The van der Waals surface area contributed by atoms with Crippen molar-refractivity contribution in [1.82, 2.24) is 19.5 Å². The Morgan fingerprint density at radius 3 is 2.58 bits per heavy atom. The van der Waals surface area contributed by atoms with Gasteiger partial charge in [-0.05, 0) is 18.1 Å². The Balaban J connectivity index is 1.94. The highest BCUT2D eigenvalue weighted by atomic mass is 35.5. The summed E-state index contributed by atoms with van der Waals surface area (Å²) >= 11 is 5.65. The van der Waals surface area contributed by atoms with Crippen LogP contribution >= 0.6 is 11.6 Å². The molecule has 0 aliphatic rings. The van der Waals surface area contributed by atoms with Crippen LogP contribution in [0.15, 0.2) is 6.33 Å². The second-order valence-electron chi connectivity index (χ2n) is 7.46. The number of nitrogens with zero attached hydrogens (tertiary/aromatic N) is 4. The fraction of sp³-hybridized carbons (Fsp3) is 0.688. The molecule has 2 aromatic rings. The quantitative estimate of drug-likeness (QED) is 0.391. The largest absolute Gasteiger partial charge is 0.475 e. The number of fused-ring (bicyclic) bond motifs is 1. The van der Waals surface area contributed by atoms with Crippen molar-refractivity contribution < 1.29 is 13.9 Å². The summed E-state index contributed by atoms with van der Waals surface area (Å²) in [5, 5.41) is 0.182. The van der Waals surface area contributed by atoms with E-state index in [0.29, 0.717) is 49.5 Å². The van der Waals surface area contributed by atoms with E-state index in [1.807, 2.05) is 0 Å². The predicted molar refractivity (Wildman–Crippen MR) is 105 cm³/mol. The average Bonchev–Trinajstić information content (AvgIpc) is 2.94. The first kappa shape index (κ1) is 20.9. The van der Waals surface area contributed by atoms with Gasteiger partial charge >= 0.3 is 0 Å². The molecule has 8 nitrogen and oxygen atoms in total. The van der Waals surface area contributed by atoms with E-state index in [4.69, 9.17) is 31.2 Å². The van der Waals surface area contributed by atoms with E-state index in [1.165, 1.54) is 0 Å². The van der Waals surface area contributed by atoms with Gasteiger partial charge in [-0.15, -0.1) is 11.6 Å². The fourth-order valence-electron chi connectivity index (χ4n) is 2.00. The predicted octanol–water partition coefficient (Wildman–Crippen LogP) is 3.02. The van der Waals surface area contributed by atoms with Crippen molar-refractivity contribution in [3.8, 4) is 5.88 Å². The molecule has 0 saturated carbocycles. The summed E-state index contributed by atoms with van der Waals surface area (Å²) in [5.41, 5.74) is 6.85. The third kappa shape index (κ3) is 5.06. The lowest BCUT2D eigenvalue weighted by molar-refractivity contribution is 0.0525. The molecular weight excluding hydrogens is 374 g/mol. The minimum atomic E-state index is -1.76. The van der Waals surface area contributed by atoms with Crippen molar-refractivity contribution >= 4 is 37.0 Å². The molecule has 0 amide bonds. The SMILES string of the molecule is CC(C)(C)[Si](C)(C)OCCOCn1cnc2c(OCCCl)nc(N)nc21. The molecule has 146 valence electrons. The maximum absolute atomic E-state index is 6.09. The molecule has 2 heterocycles. The number of nitrogens with two attached hydrogens (primary N) is 1. The minimum absolute atomic E-state index is 0.116. The van der Waals surface area contributed by atoms with Crippen LogP contribution in [0.5, 0.6) is 5.88 Å². The normalized spacial score (nSPS) is 12.7.